The number of carbonyl (C=O) groups excluding carboxylic acids is 1. The Bertz CT molecular complexity index is 410. The molecule has 0 bridgehead atoms. The molecule has 6 nitrogen and oxygen atoms in total. The summed E-state index contributed by atoms with van der Waals surface area (Å²) in [5.74, 6) is 1.09. The molecule has 0 saturated heterocycles. The van der Waals surface area contributed by atoms with E-state index >= 15 is 0 Å². The van der Waals surface area contributed by atoms with Gasteiger partial charge in [0.2, 0.25) is 0 Å². The number of ether oxygens (including phenoxy) is 1. The number of hydrogen-bond donors (Lipinski definition) is 2. The normalized spacial score (nSPS) is 10.3. The zero-order valence-electron chi connectivity index (χ0n) is 11.8. The number of methoxy groups -OCH3 is 1. The van der Waals surface area contributed by atoms with Crippen molar-refractivity contribution in [2.45, 2.75) is 26.7 Å². The van der Waals surface area contributed by atoms with Crippen molar-refractivity contribution in [2.75, 3.05) is 32.1 Å². The van der Waals surface area contributed by atoms with Crippen LogP contribution < -0.4 is 10.6 Å². The molecule has 1 heterocycles. The largest absolute Gasteiger partial charge is 0.385 e. The molecule has 0 aromatic carbocycles. The highest BCUT2D eigenvalue weighted by Gasteiger charge is 2.09. The van der Waals surface area contributed by atoms with Crippen molar-refractivity contribution < 1.29 is 9.53 Å². The number of carbonyl (C=O) groups is 1. The van der Waals surface area contributed by atoms with E-state index in [9.17, 15) is 4.79 Å². The molecule has 0 spiro atoms. The summed E-state index contributed by atoms with van der Waals surface area (Å²) in [6.45, 7) is 5.88. The third-order valence-corrected chi connectivity index (χ3v) is 2.44. The van der Waals surface area contributed by atoms with Crippen LogP contribution in [0.25, 0.3) is 0 Å². The SMILES string of the molecule is CCCNC(=O)c1cc(NCCCOC)nc(C)n1. The Kier molecular flexibility index (Phi) is 6.81. The summed E-state index contributed by atoms with van der Waals surface area (Å²) in [7, 11) is 1.67. The van der Waals surface area contributed by atoms with E-state index in [0.29, 0.717) is 30.5 Å². The van der Waals surface area contributed by atoms with Crippen LogP contribution in [0.5, 0.6) is 0 Å². The highest BCUT2D eigenvalue weighted by Crippen LogP contribution is 2.06. The van der Waals surface area contributed by atoms with Crippen LogP contribution in [0.2, 0.25) is 0 Å². The summed E-state index contributed by atoms with van der Waals surface area (Å²) in [5, 5.41) is 5.96. The Morgan fingerprint density at radius 1 is 1.37 bits per heavy atom. The molecule has 0 unspecified atom stereocenters. The highest BCUT2D eigenvalue weighted by molar-refractivity contribution is 5.92. The van der Waals surface area contributed by atoms with Gasteiger partial charge >= 0.3 is 0 Å². The molecule has 0 aliphatic carbocycles. The predicted octanol–water partition coefficient (Wildman–Crippen LogP) is 1.37. The minimum Gasteiger partial charge on any atom is -0.385 e. The van der Waals surface area contributed by atoms with Gasteiger partial charge in [-0.1, -0.05) is 6.92 Å². The number of nitrogens with zero attached hydrogens (tertiary/aromatic N) is 2. The second-order valence-electron chi connectivity index (χ2n) is 4.21. The third-order valence-electron chi connectivity index (χ3n) is 2.44. The Hall–Kier alpha value is -1.69. The maximum absolute atomic E-state index is 11.8. The monoisotopic (exact) mass is 266 g/mol. The Morgan fingerprint density at radius 2 is 2.16 bits per heavy atom. The molecule has 1 aromatic rings. The van der Waals surface area contributed by atoms with E-state index in [4.69, 9.17) is 4.74 Å². The molecular formula is C13H22N4O2. The Morgan fingerprint density at radius 3 is 2.84 bits per heavy atom. The zero-order valence-corrected chi connectivity index (χ0v) is 11.8. The molecule has 0 radical (unpaired) electrons. The molecule has 0 saturated carbocycles. The minimum atomic E-state index is -0.160. The van der Waals surface area contributed by atoms with Gasteiger partial charge in [0.15, 0.2) is 0 Å². The first-order chi connectivity index (χ1) is 9.17. The van der Waals surface area contributed by atoms with Crippen LogP contribution in [0.4, 0.5) is 5.82 Å². The molecule has 0 atom stereocenters. The fourth-order valence-corrected chi connectivity index (χ4v) is 1.54. The molecule has 2 N–H and O–H groups in total. The first kappa shape index (κ1) is 15.4. The Balaban J connectivity index is 2.62. The smallest absolute Gasteiger partial charge is 0.270 e. The van der Waals surface area contributed by atoms with Crippen molar-refractivity contribution in [3.8, 4) is 0 Å². The standard InChI is InChI=1S/C13H22N4O2/c1-4-6-15-13(18)11-9-12(17-10(2)16-11)14-7-5-8-19-3/h9H,4-8H2,1-3H3,(H,15,18)(H,14,16,17). The molecule has 106 valence electrons. The fraction of sp³-hybridized carbons (Fsp3) is 0.615. The molecular weight excluding hydrogens is 244 g/mol. The third kappa shape index (κ3) is 5.65. The lowest BCUT2D eigenvalue weighted by atomic mass is 10.3. The van der Waals surface area contributed by atoms with Crippen LogP contribution in [0, 0.1) is 6.92 Å². The van der Waals surface area contributed by atoms with E-state index in [1.165, 1.54) is 0 Å². The molecule has 1 aromatic heterocycles. The quantitative estimate of drug-likeness (QED) is 0.695. The number of nitrogens with one attached hydrogen (secondary N) is 2. The maximum atomic E-state index is 11.8. The second kappa shape index (κ2) is 8.42. The van der Waals surface area contributed by atoms with Crippen molar-refractivity contribution in [1.29, 1.82) is 0 Å². The number of aromatic nitrogens is 2. The van der Waals surface area contributed by atoms with Crippen LogP contribution in [0.1, 0.15) is 36.1 Å². The van der Waals surface area contributed by atoms with E-state index in [2.05, 4.69) is 20.6 Å². The molecule has 1 amide bonds. The summed E-state index contributed by atoms with van der Waals surface area (Å²) in [4.78, 5) is 20.2. The first-order valence-corrected chi connectivity index (χ1v) is 6.54. The van der Waals surface area contributed by atoms with Crippen molar-refractivity contribution in [3.05, 3.63) is 17.6 Å². The maximum Gasteiger partial charge on any atom is 0.270 e. The number of anilines is 1. The van der Waals surface area contributed by atoms with Gasteiger partial charge in [-0.25, -0.2) is 9.97 Å². The molecule has 6 heteroatoms. The average molecular weight is 266 g/mol. The molecule has 19 heavy (non-hydrogen) atoms. The molecule has 0 aliphatic rings. The van der Waals surface area contributed by atoms with Gasteiger partial charge in [0.05, 0.1) is 0 Å². The van der Waals surface area contributed by atoms with Crippen LogP contribution in [-0.4, -0.2) is 42.7 Å². The lowest BCUT2D eigenvalue weighted by molar-refractivity contribution is 0.0948. The summed E-state index contributed by atoms with van der Waals surface area (Å²) in [6, 6.07) is 1.67. The van der Waals surface area contributed by atoms with Gasteiger partial charge in [0.1, 0.15) is 17.3 Å². The van der Waals surface area contributed by atoms with Crippen LogP contribution in [0.3, 0.4) is 0 Å². The number of amides is 1. The van der Waals surface area contributed by atoms with E-state index in [0.717, 1.165) is 19.4 Å². The lowest BCUT2D eigenvalue weighted by Gasteiger charge is -2.08. The number of aryl methyl sites for hydroxylation is 1. The van der Waals surface area contributed by atoms with Crippen molar-refractivity contribution >= 4 is 11.7 Å². The van der Waals surface area contributed by atoms with Crippen molar-refractivity contribution in [1.82, 2.24) is 15.3 Å². The zero-order chi connectivity index (χ0) is 14.1. The Labute approximate surface area is 114 Å². The van der Waals surface area contributed by atoms with E-state index in [1.54, 1.807) is 20.1 Å². The van der Waals surface area contributed by atoms with Gasteiger partial charge < -0.3 is 15.4 Å². The summed E-state index contributed by atoms with van der Waals surface area (Å²) in [5.41, 5.74) is 0.398. The second-order valence-corrected chi connectivity index (χ2v) is 4.21. The van der Waals surface area contributed by atoms with Gasteiger partial charge in [0, 0.05) is 32.9 Å². The van der Waals surface area contributed by atoms with Crippen molar-refractivity contribution in [2.24, 2.45) is 0 Å². The average Bonchev–Trinajstić information content (AvgIpc) is 2.40. The molecule has 0 aliphatic heterocycles. The summed E-state index contributed by atoms with van der Waals surface area (Å²) < 4.78 is 4.97. The van der Waals surface area contributed by atoms with Gasteiger partial charge in [-0.2, -0.15) is 0 Å². The fourth-order valence-electron chi connectivity index (χ4n) is 1.54. The predicted molar refractivity (Wildman–Crippen MR) is 74.4 cm³/mol. The lowest BCUT2D eigenvalue weighted by Crippen LogP contribution is -2.25. The van der Waals surface area contributed by atoms with Gasteiger partial charge in [-0.15, -0.1) is 0 Å². The van der Waals surface area contributed by atoms with Crippen LogP contribution in [0.15, 0.2) is 6.07 Å². The number of hydrogen-bond acceptors (Lipinski definition) is 5. The molecule has 0 fully saturated rings. The first-order valence-electron chi connectivity index (χ1n) is 6.54. The topological polar surface area (TPSA) is 76.1 Å². The van der Waals surface area contributed by atoms with E-state index in [1.807, 2.05) is 6.92 Å². The van der Waals surface area contributed by atoms with E-state index < -0.39 is 0 Å². The highest BCUT2D eigenvalue weighted by atomic mass is 16.5. The van der Waals surface area contributed by atoms with Gasteiger partial charge in [-0.05, 0) is 19.8 Å². The minimum absolute atomic E-state index is 0.160. The number of rotatable bonds is 8. The van der Waals surface area contributed by atoms with Crippen molar-refractivity contribution in [3.63, 3.8) is 0 Å². The summed E-state index contributed by atoms with van der Waals surface area (Å²) >= 11 is 0. The van der Waals surface area contributed by atoms with Gasteiger partial charge in [0.25, 0.3) is 5.91 Å². The molecule has 1 rings (SSSR count). The van der Waals surface area contributed by atoms with E-state index in [-0.39, 0.29) is 5.91 Å². The summed E-state index contributed by atoms with van der Waals surface area (Å²) in [6.07, 6.45) is 1.79. The van der Waals surface area contributed by atoms with Gasteiger partial charge in [-0.3, -0.25) is 4.79 Å². The van der Waals surface area contributed by atoms with Crippen LogP contribution in [-0.2, 0) is 4.74 Å². The van der Waals surface area contributed by atoms with Crippen LogP contribution >= 0.6 is 0 Å².